The Morgan fingerprint density at radius 3 is 1.13 bits per heavy atom. The molecule has 0 aromatic carbocycles. The van der Waals surface area contributed by atoms with Crippen LogP contribution in [0.2, 0.25) is 0 Å². The zero-order chi connectivity index (χ0) is 28.2. The second-order valence-corrected chi connectivity index (χ2v) is 13.4. The highest BCUT2D eigenvalue weighted by molar-refractivity contribution is 5.75. The van der Waals surface area contributed by atoms with E-state index in [9.17, 15) is 9.59 Å². The molecule has 2 unspecified atom stereocenters. The van der Waals surface area contributed by atoms with Crippen molar-refractivity contribution in [1.82, 2.24) is 0 Å². The van der Waals surface area contributed by atoms with Crippen molar-refractivity contribution < 1.29 is 19.1 Å². The molecule has 1 saturated carbocycles. The summed E-state index contributed by atoms with van der Waals surface area (Å²) in [5.41, 5.74) is 0. The van der Waals surface area contributed by atoms with Gasteiger partial charge >= 0.3 is 11.9 Å². The quantitative estimate of drug-likeness (QED) is 0.102. The first-order valence-corrected chi connectivity index (χ1v) is 16.5. The smallest absolute Gasteiger partial charge is 0.308 e. The van der Waals surface area contributed by atoms with Gasteiger partial charge in [0, 0.05) is 0 Å². The van der Waals surface area contributed by atoms with E-state index in [0.717, 1.165) is 50.4 Å². The van der Waals surface area contributed by atoms with E-state index in [1.165, 1.54) is 77.0 Å². The number of unbranched alkanes of at least 4 members (excludes halogenated alkanes) is 6. The summed E-state index contributed by atoms with van der Waals surface area (Å²) in [5, 5.41) is 0. The third-order valence-electron chi connectivity index (χ3n) is 8.56. The van der Waals surface area contributed by atoms with E-state index in [2.05, 4.69) is 41.5 Å². The monoisotopic (exact) mass is 536 g/mol. The molecule has 4 nitrogen and oxygen atoms in total. The first kappa shape index (κ1) is 35.0. The van der Waals surface area contributed by atoms with Crippen LogP contribution in [0.15, 0.2) is 0 Å². The lowest BCUT2D eigenvalue weighted by Crippen LogP contribution is -2.28. The SMILES string of the molecule is CC(C)CCCCCCC(C)CCOC(=O)C1CCC(C(=O)OCCC(C)CCCCCCC(C)C)CC1. The van der Waals surface area contributed by atoms with Crippen LogP contribution in [0.4, 0.5) is 0 Å². The van der Waals surface area contributed by atoms with Crippen molar-refractivity contribution in [3.63, 3.8) is 0 Å². The Bertz CT molecular complexity index is 539. The molecule has 0 aromatic rings. The molecular weight excluding hydrogens is 472 g/mol. The maximum atomic E-state index is 12.5. The molecule has 0 aromatic heterocycles. The lowest BCUT2D eigenvalue weighted by atomic mass is 9.82. The Balaban J connectivity index is 2.05. The number of esters is 2. The predicted molar refractivity (Wildman–Crippen MR) is 160 cm³/mol. The van der Waals surface area contributed by atoms with Crippen molar-refractivity contribution in [2.24, 2.45) is 35.5 Å². The fourth-order valence-corrected chi connectivity index (χ4v) is 5.61. The summed E-state index contributed by atoms with van der Waals surface area (Å²) in [6, 6.07) is 0. The average Bonchev–Trinajstić information content (AvgIpc) is 2.87. The van der Waals surface area contributed by atoms with Crippen molar-refractivity contribution in [2.75, 3.05) is 13.2 Å². The van der Waals surface area contributed by atoms with E-state index in [-0.39, 0.29) is 23.8 Å². The fourth-order valence-electron chi connectivity index (χ4n) is 5.61. The normalized spacial score (nSPS) is 19.5. The lowest BCUT2D eigenvalue weighted by molar-refractivity contribution is -0.155. The standard InChI is InChI=1S/C34H64O4/c1-27(2)15-11-7-9-13-17-29(5)23-25-37-33(35)31-19-21-32(22-20-31)34(36)38-26-24-30(6)18-14-10-8-12-16-28(3)4/h27-32H,7-26H2,1-6H3. The molecule has 0 aliphatic heterocycles. The second-order valence-electron chi connectivity index (χ2n) is 13.4. The van der Waals surface area contributed by atoms with Crippen molar-refractivity contribution >= 4 is 11.9 Å². The molecule has 0 saturated heterocycles. The van der Waals surface area contributed by atoms with E-state index >= 15 is 0 Å². The molecule has 2 atom stereocenters. The molecule has 0 spiro atoms. The molecule has 1 rings (SSSR count). The molecule has 38 heavy (non-hydrogen) atoms. The molecule has 0 radical (unpaired) electrons. The van der Waals surface area contributed by atoms with E-state index in [4.69, 9.17) is 9.47 Å². The highest BCUT2D eigenvalue weighted by Crippen LogP contribution is 2.31. The van der Waals surface area contributed by atoms with Crippen LogP contribution in [0.5, 0.6) is 0 Å². The molecule has 0 heterocycles. The first-order valence-electron chi connectivity index (χ1n) is 16.5. The van der Waals surface area contributed by atoms with Gasteiger partial charge in [-0.1, -0.05) is 119 Å². The van der Waals surface area contributed by atoms with Crippen molar-refractivity contribution in [3.05, 3.63) is 0 Å². The Morgan fingerprint density at radius 1 is 0.500 bits per heavy atom. The summed E-state index contributed by atoms with van der Waals surface area (Å²) < 4.78 is 11.2. The van der Waals surface area contributed by atoms with Gasteiger partial charge < -0.3 is 9.47 Å². The van der Waals surface area contributed by atoms with E-state index in [0.29, 0.717) is 25.0 Å². The Hall–Kier alpha value is -1.06. The molecule has 224 valence electrons. The summed E-state index contributed by atoms with van der Waals surface area (Å²) >= 11 is 0. The zero-order valence-corrected chi connectivity index (χ0v) is 26.2. The minimum atomic E-state index is -0.0595. The van der Waals surface area contributed by atoms with Gasteiger partial charge in [0.15, 0.2) is 0 Å². The summed E-state index contributed by atoms with van der Waals surface area (Å²) in [7, 11) is 0. The van der Waals surface area contributed by atoms with Gasteiger partial charge in [0.2, 0.25) is 0 Å². The number of rotatable bonds is 22. The first-order chi connectivity index (χ1) is 18.2. The number of hydrogen-bond acceptors (Lipinski definition) is 4. The number of carbonyl (C=O) groups is 2. The van der Waals surface area contributed by atoms with E-state index in [1.807, 2.05) is 0 Å². The van der Waals surface area contributed by atoms with Crippen LogP contribution in [-0.2, 0) is 19.1 Å². The Kier molecular flexibility index (Phi) is 20.0. The Labute approximate surface area is 236 Å². The fraction of sp³-hybridized carbons (Fsp3) is 0.941. The summed E-state index contributed by atoms with van der Waals surface area (Å²) in [6.07, 6.45) is 20.6. The molecule has 0 N–H and O–H groups in total. The average molecular weight is 537 g/mol. The van der Waals surface area contributed by atoms with Gasteiger partial charge in [-0.3, -0.25) is 9.59 Å². The predicted octanol–water partition coefficient (Wildman–Crippen LogP) is 9.92. The van der Waals surface area contributed by atoms with Crippen LogP contribution in [0.3, 0.4) is 0 Å². The van der Waals surface area contributed by atoms with Gasteiger partial charge in [0.1, 0.15) is 0 Å². The molecule has 0 amide bonds. The maximum absolute atomic E-state index is 12.5. The number of ether oxygens (including phenoxy) is 2. The molecule has 1 fully saturated rings. The lowest BCUT2D eigenvalue weighted by Gasteiger charge is -2.26. The van der Waals surface area contributed by atoms with Crippen molar-refractivity contribution in [1.29, 1.82) is 0 Å². The van der Waals surface area contributed by atoms with Crippen LogP contribution in [-0.4, -0.2) is 25.2 Å². The summed E-state index contributed by atoms with van der Waals surface area (Å²) in [4.78, 5) is 25.1. The van der Waals surface area contributed by atoms with Crippen LogP contribution < -0.4 is 0 Å². The third kappa shape index (κ3) is 18.3. The second kappa shape index (κ2) is 21.7. The Morgan fingerprint density at radius 2 is 0.816 bits per heavy atom. The molecule has 4 heteroatoms. The molecule has 1 aliphatic rings. The van der Waals surface area contributed by atoms with Crippen molar-refractivity contribution in [3.8, 4) is 0 Å². The van der Waals surface area contributed by atoms with Crippen LogP contribution >= 0.6 is 0 Å². The van der Waals surface area contributed by atoms with Gasteiger partial charge in [0.05, 0.1) is 25.0 Å². The maximum Gasteiger partial charge on any atom is 0.308 e. The van der Waals surface area contributed by atoms with Gasteiger partial charge in [-0.25, -0.2) is 0 Å². The van der Waals surface area contributed by atoms with Gasteiger partial charge in [-0.05, 0) is 62.2 Å². The number of carbonyl (C=O) groups excluding carboxylic acids is 2. The zero-order valence-electron chi connectivity index (χ0n) is 26.2. The third-order valence-corrected chi connectivity index (χ3v) is 8.56. The molecule has 0 bridgehead atoms. The van der Waals surface area contributed by atoms with E-state index in [1.54, 1.807) is 0 Å². The summed E-state index contributed by atoms with van der Waals surface area (Å²) in [5.74, 6) is 2.63. The van der Waals surface area contributed by atoms with Crippen LogP contribution in [0.1, 0.15) is 157 Å². The highest BCUT2D eigenvalue weighted by Gasteiger charge is 2.31. The van der Waals surface area contributed by atoms with Crippen LogP contribution in [0.25, 0.3) is 0 Å². The molecular formula is C34H64O4. The molecule has 1 aliphatic carbocycles. The highest BCUT2D eigenvalue weighted by atomic mass is 16.5. The van der Waals surface area contributed by atoms with Crippen molar-refractivity contribution in [2.45, 2.75) is 157 Å². The minimum Gasteiger partial charge on any atom is -0.465 e. The van der Waals surface area contributed by atoms with Gasteiger partial charge in [-0.15, -0.1) is 0 Å². The summed E-state index contributed by atoms with van der Waals surface area (Å²) in [6.45, 7) is 14.8. The topological polar surface area (TPSA) is 52.6 Å². The number of hydrogen-bond donors (Lipinski definition) is 0. The van der Waals surface area contributed by atoms with Gasteiger partial charge in [-0.2, -0.15) is 0 Å². The van der Waals surface area contributed by atoms with E-state index < -0.39 is 0 Å². The van der Waals surface area contributed by atoms with Gasteiger partial charge in [0.25, 0.3) is 0 Å². The van der Waals surface area contributed by atoms with Crippen LogP contribution in [0, 0.1) is 35.5 Å². The largest absolute Gasteiger partial charge is 0.465 e. The minimum absolute atomic E-state index is 0.0455.